The summed E-state index contributed by atoms with van der Waals surface area (Å²) in [6.45, 7) is 1.72. The summed E-state index contributed by atoms with van der Waals surface area (Å²) in [5.74, 6) is 0.138. The van der Waals surface area contributed by atoms with E-state index in [-0.39, 0.29) is 12.4 Å². The number of aliphatic hydroxyl groups excluding tert-OH is 1. The molecule has 0 radical (unpaired) electrons. The van der Waals surface area contributed by atoms with E-state index in [9.17, 15) is 5.11 Å². The summed E-state index contributed by atoms with van der Waals surface area (Å²) in [6, 6.07) is 3.42. The van der Waals surface area contributed by atoms with Crippen LogP contribution in [-0.2, 0) is 6.61 Å². The van der Waals surface area contributed by atoms with Crippen LogP contribution in [0, 0.1) is 6.92 Å². The molecule has 1 rings (SSSR count). The molecular weight excluding hydrogens is 208 g/mol. The van der Waals surface area contributed by atoms with E-state index in [1.54, 1.807) is 6.07 Å². The van der Waals surface area contributed by atoms with Crippen LogP contribution in [-0.4, -0.2) is 10.2 Å². The Kier molecular flexibility index (Phi) is 2.52. The zero-order valence-electron chi connectivity index (χ0n) is 6.13. The van der Waals surface area contributed by atoms with Crippen molar-refractivity contribution in [2.24, 2.45) is 0 Å². The van der Waals surface area contributed by atoms with Gasteiger partial charge in [0.25, 0.3) is 0 Å². The fourth-order valence-corrected chi connectivity index (χ4v) is 1.52. The van der Waals surface area contributed by atoms with Crippen molar-refractivity contribution in [3.05, 3.63) is 27.7 Å². The van der Waals surface area contributed by atoms with Crippen LogP contribution >= 0.6 is 15.9 Å². The lowest BCUT2D eigenvalue weighted by molar-refractivity contribution is 0.274. The second-order valence-electron chi connectivity index (χ2n) is 2.38. The summed E-state index contributed by atoms with van der Waals surface area (Å²) in [4.78, 5) is 0. The number of halogens is 1. The number of benzene rings is 1. The Morgan fingerprint density at radius 2 is 2.09 bits per heavy atom. The third-order valence-electron chi connectivity index (χ3n) is 1.57. The van der Waals surface area contributed by atoms with Crippen LogP contribution in [0.15, 0.2) is 16.6 Å². The molecule has 1 aromatic rings. The SMILES string of the molecule is Cc1cc(Br)cc(O)c1CO. The van der Waals surface area contributed by atoms with E-state index in [1.165, 1.54) is 0 Å². The first kappa shape index (κ1) is 8.56. The first-order valence-electron chi connectivity index (χ1n) is 3.24. The minimum Gasteiger partial charge on any atom is -0.508 e. The fourth-order valence-electron chi connectivity index (χ4n) is 0.961. The molecule has 0 bridgehead atoms. The molecular formula is C8H9BrO2. The Morgan fingerprint density at radius 1 is 1.45 bits per heavy atom. The molecule has 60 valence electrons. The van der Waals surface area contributed by atoms with E-state index < -0.39 is 0 Å². The van der Waals surface area contributed by atoms with Crippen molar-refractivity contribution in [2.45, 2.75) is 13.5 Å². The molecule has 0 spiro atoms. The first-order chi connectivity index (χ1) is 5.15. The van der Waals surface area contributed by atoms with Gasteiger partial charge in [0.2, 0.25) is 0 Å². The monoisotopic (exact) mass is 216 g/mol. The van der Waals surface area contributed by atoms with Gasteiger partial charge in [-0.15, -0.1) is 0 Å². The van der Waals surface area contributed by atoms with Gasteiger partial charge in [-0.05, 0) is 24.6 Å². The van der Waals surface area contributed by atoms with Crippen molar-refractivity contribution in [1.82, 2.24) is 0 Å². The zero-order valence-corrected chi connectivity index (χ0v) is 7.72. The Bertz CT molecular complexity index is 248. The maximum atomic E-state index is 9.28. The highest BCUT2D eigenvalue weighted by atomic mass is 79.9. The minimum absolute atomic E-state index is 0.120. The zero-order chi connectivity index (χ0) is 8.43. The van der Waals surface area contributed by atoms with Gasteiger partial charge < -0.3 is 10.2 Å². The van der Waals surface area contributed by atoms with E-state index in [0.29, 0.717) is 5.56 Å². The van der Waals surface area contributed by atoms with Crippen molar-refractivity contribution in [1.29, 1.82) is 0 Å². The van der Waals surface area contributed by atoms with Crippen LogP contribution in [0.25, 0.3) is 0 Å². The largest absolute Gasteiger partial charge is 0.508 e. The minimum atomic E-state index is -0.120. The predicted molar refractivity (Wildman–Crippen MR) is 46.5 cm³/mol. The molecule has 2 N–H and O–H groups in total. The van der Waals surface area contributed by atoms with E-state index in [4.69, 9.17) is 5.11 Å². The normalized spacial score (nSPS) is 10.1. The van der Waals surface area contributed by atoms with E-state index in [2.05, 4.69) is 15.9 Å². The summed E-state index contributed by atoms with van der Waals surface area (Å²) >= 11 is 3.23. The summed E-state index contributed by atoms with van der Waals surface area (Å²) in [5.41, 5.74) is 1.48. The van der Waals surface area contributed by atoms with Crippen molar-refractivity contribution in [2.75, 3.05) is 0 Å². The number of rotatable bonds is 1. The summed E-state index contributed by atoms with van der Waals surface area (Å²) in [6.07, 6.45) is 0. The highest BCUT2D eigenvalue weighted by molar-refractivity contribution is 9.10. The van der Waals surface area contributed by atoms with Crippen LogP contribution < -0.4 is 0 Å². The third-order valence-corrected chi connectivity index (χ3v) is 2.03. The van der Waals surface area contributed by atoms with Gasteiger partial charge in [0.1, 0.15) is 5.75 Å². The molecule has 11 heavy (non-hydrogen) atoms. The van der Waals surface area contributed by atoms with Gasteiger partial charge in [0.15, 0.2) is 0 Å². The average molecular weight is 217 g/mol. The molecule has 0 aliphatic rings. The van der Waals surface area contributed by atoms with E-state index in [0.717, 1.165) is 10.0 Å². The topological polar surface area (TPSA) is 40.5 Å². The molecule has 0 unspecified atom stereocenters. The fraction of sp³-hybridized carbons (Fsp3) is 0.250. The van der Waals surface area contributed by atoms with Crippen LogP contribution in [0.5, 0.6) is 5.75 Å². The second kappa shape index (κ2) is 3.24. The standard InChI is InChI=1S/C8H9BrO2/c1-5-2-6(9)3-8(11)7(5)4-10/h2-3,10-11H,4H2,1H3. The van der Waals surface area contributed by atoms with E-state index >= 15 is 0 Å². The van der Waals surface area contributed by atoms with Crippen LogP contribution in [0.4, 0.5) is 0 Å². The Balaban J connectivity index is 3.25. The number of hydrogen-bond donors (Lipinski definition) is 2. The number of aromatic hydroxyl groups is 1. The third kappa shape index (κ3) is 1.73. The van der Waals surface area contributed by atoms with Crippen LogP contribution in [0.1, 0.15) is 11.1 Å². The first-order valence-corrected chi connectivity index (χ1v) is 4.03. The Hall–Kier alpha value is -0.540. The highest BCUT2D eigenvalue weighted by Crippen LogP contribution is 2.25. The van der Waals surface area contributed by atoms with Gasteiger partial charge >= 0.3 is 0 Å². The van der Waals surface area contributed by atoms with Crippen molar-refractivity contribution >= 4 is 15.9 Å². The van der Waals surface area contributed by atoms with Gasteiger partial charge in [-0.3, -0.25) is 0 Å². The quantitative estimate of drug-likeness (QED) is 0.754. The molecule has 0 heterocycles. The van der Waals surface area contributed by atoms with Crippen molar-refractivity contribution < 1.29 is 10.2 Å². The number of phenols is 1. The highest BCUT2D eigenvalue weighted by Gasteiger charge is 2.03. The lowest BCUT2D eigenvalue weighted by atomic mass is 10.1. The lowest BCUT2D eigenvalue weighted by Gasteiger charge is -2.05. The molecule has 0 aliphatic heterocycles. The second-order valence-corrected chi connectivity index (χ2v) is 3.29. The van der Waals surface area contributed by atoms with Crippen molar-refractivity contribution in [3.63, 3.8) is 0 Å². The van der Waals surface area contributed by atoms with Gasteiger partial charge in [0.05, 0.1) is 6.61 Å². The molecule has 0 saturated heterocycles. The average Bonchev–Trinajstić information content (AvgIpc) is 1.85. The van der Waals surface area contributed by atoms with Crippen LogP contribution in [0.2, 0.25) is 0 Å². The molecule has 0 amide bonds. The molecule has 0 aromatic heterocycles. The molecule has 3 heteroatoms. The summed E-state index contributed by atoms with van der Waals surface area (Å²) in [7, 11) is 0. The number of aliphatic hydroxyl groups is 1. The van der Waals surface area contributed by atoms with E-state index in [1.807, 2.05) is 13.0 Å². The number of aryl methyl sites for hydroxylation is 1. The lowest BCUT2D eigenvalue weighted by Crippen LogP contribution is -1.88. The molecule has 2 nitrogen and oxygen atoms in total. The maximum Gasteiger partial charge on any atom is 0.122 e. The Morgan fingerprint density at radius 3 is 2.55 bits per heavy atom. The molecule has 0 fully saturated rings. The van der Waals surface area contributed by atoms with Gasteiger partial charge in [0, 0.05) is 10.0 Å². The van der Waals surface area contributed by atoms with Gasteiger partial charge in [-0.1, -0.05) is 15.9 Å². The van der Waals surface area contributed by atoms with Gasteiger partial charge in [-0.25, -0.2) is 0 Å². The Labute approximate surface area is 73.6 Å². The van der Waals surface area contributed by atoms with Gasteiger partial charge in [-0.2, -0.15) is 0 Å². The molecule has 0 saturated carbocycles. The van der Waals surface area contributed by atoms with Crippen LogP contribution in [0.3, 0.4) is 0 Å². The summed E-state index contributed by atoms with van der Waals surface area (Å²) < 4.78 is 0.824. The molecule has 0 aliphatic carbocycles. The maximum absolute atomic E-state index is 9.28. The van der Waals surface area contributed by atoms with Crippen molar-refractivity contribution in [3.8, 4) is 5.75 Å². The predicted octanol–water partition coefficient (Wildman–Crippen LogP) is 1.96. The summed E-state index contributed by atoms with van der Waals surface area (Å²) in [5, 5.41) is 18.1. The molecule has 0 atom stereocenters. The molecule has 1 aromatic carbocycles. The number of hydrogen-bond acceptors (Lipinski definition) is 2. The smallest absolute Gasteiger partial charge is 0.122 e.